The van der Waals surface area contributed by atoms with Crippen molar-refractivity contribution in [1.29, 1.82) is 0 Å². The van der Waals surface area contributed by atoms with Crippen LogP contribution < -0.4 is 16.6 Å². The minimum Gasteiger partial charge on any atom is -0.369 e. The van der Waals surface area contributed by atoms with Crippen LogP contribution in [0.4, 0.5) is 5.95 Å². The molecule has 0 fully saturated rings. The number of carbonyl (C=O) groups is 2. The smallest absolute Gasteiger partial charge is 0.284 e. The summed E-state index contributed by atoms with van der Waals surface area (Å²) in [7, 11) is 1.33. The van der Waals surface area contributed by atoms with E-state index in [1.54, 1.807) is 18.3 Å². The zero-order chi connectivity index (χ0) is 21.5. The molecule has 0 unspecified atom stereocenters. The first kappa shape index (κ1) is 21.2. The van der Waals surface area contributed by atoms with Crippen molar-refractivity contribution in [2.75, 3.05) is 12.8 Å². The first-order valence-corrected chi connectivity index (χ1v) is 9.40. The van der Waals surface area contributed by atoms with E-state index in [1.807, 2.05) is 12.1 Å². The van der Waals surface area contributed by atoms with Gasteiger partial charge < -0.3 is 25.8 Å². The monoisotopic (exact) mass is 413 g/mol. The molecule has 3 rings (SSSR count). The van der Waals surface area contributed by atoms with Gasteiger partial charge in [0.15, 0.2) is 6.23 Å². The minimum absolute atomic E-state index is 0.0686. The maximum Gasteiger partial charge on any atom is 0.284 e. The summed E-state index contributed by atoms with van der Waals surface area (Å²) in [6, 6.07) is 7.11. The van der Waals surface area contributed by atoms with Gasteiger partial charge in [0.05, 0.1) is 12.5 Å². The average molecular weight is 413 g/mol. The molecule has 2 heterocycles. The molecule has 0 radical (unpaired) electrons. The van der Waals surface area contributed by atoms with Gasteiger partial charge in [0.1, 0.15) is 11.9 Å². The van der Waals surface area contributed by atoms with Gasteiger partial charge in [-0.2, -0.15) is 4.98 Å². The Balaban J connectivity index is 1.62. The molecule has 1 atom stereocenters. The lowest BCUT2D eigenvalue weighted by molar-refractivity contribution is -0.309. The second-order valence-corrected chi connectivity index (χ2v) is 6.66. The average Bonchev–Trinajstić information content (AvgIpc) is 3.14. The molecule has 1 amide bonds. The first-order valence-electron chi connectivity index (χ1n) is 9.40. The van der Waals surface area contributed by atoms with Crippen LogP contribution >= 0.6 is 0 Å². The van der Waals surface area contributed by atoms with E-state index in [0.29, 0.717) is 35.9 Å². The molecule has 0 saturated carbocycles. The fourth-order valence-electron chi connectivity index (χ4n) is 3.14. The summed E-state index contributed by atoms with van der Waals surface area (Å²) in [5.74, 6) is -0.264. The standard InChI is InChI=1S/C20H23N5O5/c1-29-30-15(3-2-10-26)23-18(27)13-7-4-12(5-8-13)6-9-14-11-22-17-16(14)19(28)25-20(21)24-17/h4-5,7-8,10-11,15H,2-3,6,9H2,1H3,(H,23,27)(H4,21,22,24,25,28)/t15-/m1/s1. The maximum atomic E-state index is 12.4. The van der Waals surface area contributed by atoms with Crippen molar-refractivity contribution in [3.8, 4) is 0 Å². The summed E-state index contributed by atoms with van der Waals surface area (Å²) in [6.45, 7) is 0. The molecule has 10 heteroatoms. The number of H-pyrrole nitrogens is 2. The molecule has 0 saturated heterocycles. The van der Waals surface area contributed by atoms with Gasteiger partial charge in [0.25, 0.3) is 11.5 Å². The third-order valence-electron chi connectivity index (χ3n) is 4.60. The maximum absolute atomic E-state index is 12.4. The second-order valence-electron chi connectivity index (χ2n) is 6.66. The number of hydrogen-bond donors (Lipinski definition) is 4. The van der Waals surface area contributed by atoms with Crippen LogP contribution in [0.15, 0.2) is 35.3 Å². The highest BCUT2D eigenvalue weighted by molar-refractivity contribution is 5.94. The zero-order valence-corrected chi connectivity index (χ0v) is 16.4. The Bertz CT molecular complexity index is 1070. The lowest BCUT2D eigenvalue weighted by Gasteiger charge is -2.16. The molecule has 0 aliphatic rings. The van der Waals surface area contributed by atoms with Gasteiger partial charge in [-0.15, -0.1) is 0 Å². The summed E-state index contributed by atoms with van der Waals surface area (Å²) in [4.78, 5) is 54.1. The predicted octanol–water partition coefficient (Wildman–Crippen LogP) is 1.23. The SMILES string of the molecule is COO[C@H](CCC=O)NC(=O)c1ccc(CCc2c[nH]c3[nH]c(N)nc(=O)c23)cc1. The quantitative estimate of drug-likeness (QED) is 0.169. The van der Waals surface area contributed by atoms with E-state index in [2.05, 4.69) is 25.2 Å². The summed E-state index contributed by atoms with van der Waals surface area (Å²) in [5, 5.41) is 3.17. The molecular weight excluding hydrogens is 390 g/mol. The van der Waals surface area contributed by atoms with E-state index < -0.39 is 6.23 Å². The highest BCUT2D eigenvalue weighted by Gasteiger charge is 2.15. The highest BCUT2D eigenvalue weighted by Crippen LogP contribution is 2.16. The number of carbonyl (C=O) groups excluding carboxylic acids is 2. The molecule has 0 aliphatic heterocycles. The molecule has 30 heavy (non-hydrogen) atoms. The van der Waals surface area contributed by atoms with Crippen LogP contribution in [0.2, 0.25) is 0 Å². The zero-order valence-electron chi connectivity index (χ0n) is 16.4. The Morgan fingerprint density at radius 2 is 2.07 bits per heavy atom. The van der Waals surface area contributed by atoms with E-state index in [9.17, 15) is 14.4 Å². The van der Waals surface area contributed by atoms with Gasteiger partial charge in [0.2, 0.25) is 5.95 Å². The molecule has 3 aromatic rings. The normalized spacial score (nSPS) is 12.0. The van der Waals surface area contributed by atoms with Crippen LogP contribution in [0.1, 0.15) is 34.3 Å². The van der Waals surface area contributed by atoms with Crippen LogP contribution in [0, 0.1) is 0 Å². The molecule has 10 nitrogen and oxygen atoms in total. The number of aldehydes is 1. The van der Waals surface area contributed by atoms with Crippen molar-refractivity contribution in [3.05, 3.63) is 57.5 Å². The Labute approximate surface area is 171 Å². The topological polar surface area (TPSA) is 152 Å². The molecular formula is C20H23N5O5. The third kappa shape index (κ3) is 5.10. The highest BCUT2D eigenvalue weighted by atomic mass is 17.2. The van der Waals surface area contributed by atoms with E-state index in [1.165, 1.54) is 7.11 Å². The fourth-order valence-corrected chi connectivity index (χ4v) is 3.14. The largest absolute Gasteiger partial charge is 0.369 e. The third-order valence-corrected chi connectivity index (χ3v) is 4.60. The van der Waals surface area contributed by atoms with Crippen molar-refractivity contribution < 1.29 is 19.4 Å². The van der Waals surface area contributed by atoms with E-state index in [4.69, 9.17) is 10.6 Å². The van der Waals surface area contributed by atoms with Gasteiger partial charge in [-0.1, -0.05) is 12.1 Å². The fraction of sp³-hybridized carbons (Fsp3) is 0.300. The van der Waals surface area contributed by atoms with Crippen LogP contribution in [-0.4, -0.2) is 40.5 Å². The lowest BCUT2D eigenvalue weighted by atomic mass is 10.0. The molecule has 2 aromatic heterocycles. The number of rotatable bonds is 10. The van der Waals surface area contributed by atoms with E-state index in [0.717, 1.165) is 17.4 Å². The number of nitrogens with zero attached hydrogens (tertiary/aromatic N) is 1. The Hall–Kier alpha value is -3.50. The summed E-state index contributed by atoms with van der Waals surface area (Å²) >= 11 is 0. The van der Waals surface area contributed by atoms with Gasteiger partial charge in [-0.25, -0.2) is 9.78 Å². The summed E-state index contributed by atoms with van der Waals surface area (Å²) < 4.78 is 0. The van der Waals surface area contributed by atoms with Gasteiger partial charge in [-0.05, 0) is 36.1 Å². The molecule has 0 aliphatic carbocycles. The second kappa shape index (κ2) is 9.81. The Morgan fingerprint density at radius 3 is 2.77 bits per heavy atom. The van der Waals surface area contributed by atoms with Crippen LogP contribution in [0.25, 0.3) is 11.0 Å². The number of aromatic nitrogens is 3. The summed E-state index contributed by atoms with van der Waals surface area (Å²) in [5.41, 5.74) is 8.05. The van der Waals surface area contributed by atoms with Crippen molar-refractivity contribution in [2.45, 2.75) is 31.9 Å². The molecule has 0 spiro atoms. The molecule has 0 bridgehead atoms. The number of nitrogens with one attached hydrogen (secondary N) is 3. The van der Waals surface area contributed by atoms with Crippen molar-refractivity contribution >= 4 is 29.2 Å². The van der Waals surface area contributed by atoms with Crippen LogP contribution in [0.3, 0.4) is 0 Å². The van der Waals surface area contributed by atoms with Crippen molar-refractivity contribution in [1.82, 2.24) is 20.3 Å². The Morgan fingerprint density at radius 1 is 1.30 bits per heavy atom. The molecule has 158 valence electrons. The number of anilines is 1. The number of aryl methyl sites for hydroxylation is 2. The first-order chi connectivity index (χ1) is 14.5. The van der Waals surface area contributed by atoms with Gasteiger partial charge >= 0.3 is 0 Å². The number of fused-ring (bicyclic) bond motifs is 1. The van der Waals surface area contributed by atoms with Gasteiger partial charge in [-0.3, -0.25) is 9.59 Å². The number of nitrogens with two attached hydrogens (primary N) is 1. The lowest BCUT2D eigenvalue weighted by Crippen LogP contribution is -2.36. The minimum atomic E-state index is -0.713. The number of amides is 1. The van der Waals surface area contributed by atoms with Crippen LogP contribution in [-0.2, 0) is 27.4 Å². The van der Waals surface area contributed by atoms with Crippen molar-refractivity contribution in [2.24, 2.45) is 0 Å². The summed E-state index contributed by atoms with van der Waals surface area (Å²) in [6.07, 6.45) is 3.65. The Kier molecular flexibility index (Phi) is 6.94. The van der Waals surface area contributed by atoms with Gasteiger partial charge in [0, 0.05) is 24.6 Å². The predicted molar refractivity (Wildman–Crippen MR) is 110 cm³/mol. The van der Waals surface area contributed by atoms with E-state index >= 15 is 0 Å². The van der Waals surface area contributed by atoms with Crippen molar-refractivity contribution in [3.63, 3.8) is 0 Å². The number of aromatic amines is 2. The number of benzene rings is 1. The molecule has 5 N–H and O–H groups in total. The van der Waals surface area contributed by atoms with Crippen LogP contribution in [0.5, 0.6) is 0 Å². The number of nitrogen functional groups attached to an aromatic ring is 1. The van der Waals surface area contributed by atoms with E-state index in [-0.39, 0.29) is 23.8 Å². The molecule has 1 aromatic carbocycles. The number of hydrogen-bond acceptors (Lipinski definition) is 7.